The number of anilines is 1. The van der Waals surface area contributed by atoms with Crippen LogP contribution >= 0.6 is 0 Å². The lowest BCUT2D eigenvalue weighted by atomic mass is 10.1. The first-order chi connectivity index (χ1) is 12.0. The first-order valence-electron chi connectivity index (χ1n) is 8.75. The van der Waals surface area contributed by atoms with Crippen LogP contribution in [0.3, 0.4) is 0 Å². The standard InChI is InChI=1S/C17H25N3O4S/c1-13-10-14-15(24-12-17(21)19-14)11-16(13)25(22,23)18-6-5-9-20-7-3-2-4-8-20/h10-11,18H,2-9,12H2,1H3,(H,19,21). The predicted octanol–water partition coefficient (Wildman–Crippen LogP) is 1.48. The lowest BCUT2D eigenvalue weighted by molar-refractivity contribution is -0.118. The van der Waals surface area contributed by atoms with Crippen LogP contribution in [-0.2, 0) is 14.8 Å². The molecule has 2 aliphatic rings. The summed E-state index contributed by atoms with van der Waals surface area (Å²) in [5.41, 5.74) is 1.09. The van der Waals surface area contributed by atoms with Gasteiger partial charge in [0.05, 0.1) is 10.6 Å². The Morgan fingerprint density at radius 1 is 1.24 bits per heavy atom. The molecule has 3 rings (SSSR count). The van der Waals surface area contributed by atoms with E-state index in [1.165, 1.54) is 25.3 Å². The van der Waals surface area contributed by atoms with E-state index in [2.05, 4.69) is 14.9 Å². The number of carbonyl (C=O) groups excluding carboxylic acids is 1. The van der Waals surface area contributed by atoms with Crippen molar-refractivity contribution in [2.45, 2.75) is 37.5 Å². The zero-order chi connectivity index (χ0) is 17.9. The van der Waals surface area contributed by atoms with E-state index >= 15 is 0 Å². The molecule has 138 valence electrons. The summed E-state index contributed by atoms with van der Waals surface area (Å²) in [6.45, 7) is 5.16. The average molecular weight is 367 g/mol. The molecule has 2 heterocycles. The maximum atomic E-state index is 12.6. The lowest BCUT2D eigenvalue weighted by Crippen LogP contribution is -2.33. The lowest BCUT2D eigenvalue weighted by Gasteiger charge is -2.26. The highest BCUT2D eigenvalue weighted by Crippen LogP contribution is 2.32. The molecule has 2 N–H and O–H groups in total. The molecule has 1 aromatic rings. The Labute approximate surface area is 148 Å². The number of nitrogens with zero attached hydrogens (tertiary/aromatic N) is 1. The van der Waals surface area contributed by atoms with E-state index in [0.717, 1.165) is 26.1 Å². The highest BCUT2D eigenvalue weighted by molar-refractivity contribution is 7.89. The molecule has 0 bridgehead atoms. The van der Waals surface area contributed by atoms with Crippen molar-refractivity contribution in [3.8, 4) is 5.75 Å². The first kappa shape index (κ1) is 18.2. The number of nitrogens with one attached hydrogen (secondary N) is 2. The van der Waals surface area contributed by atoms with Crippen molar-refractivity contribution >= 4 is 21.6 Å². The van der Waals surface area contributed by atoms with Crippen LogP contribution < -0.4 is 14.8 Å². The number of hydrogen-bond acceptors (Lipinski definition) is 5. The van der Waals surface area contributed by atoms with Crippen molar-refractivity contribution in [2.24, 2.45) is 0 Å². The van der Waals surface area contributed by atoms with Gasteiger partial charge in [-0.1, -0.05) is 6.42 Å². The Morgan fingerprint density at radius 3 is 2.76 bits per heavy atom. The Kier molecular flexibility index (Phi) is 5.61. The Bertz CT molecular complexity index is 743. The summed E-state index contributed by atoms with van der Waals surface area (Å²) in [5.74, 6) is 0.150. The molecule has 0 atom stereocenters. The fourth-order valence-electron chi connectivity index (χ4n) is 3.28. The van der Waals surface area contributed by atoms with Crippen LogP contribution in [-0.4, -0.2) is 52.0 Å². The number of ether oxygens (including phenoxy) is 1. The SMILES string of the molecule is Cc1cc2c(cc1S(=O)(=O)NCCCN1CCCCC1)OCC(=O)N2. The Hall–Kier alpha value is -1.64. The van der Waals surface area contributed by atoms with Crippen molar-refractivity contribution in [3.05, 3.63) is 17.7 Å². The maximum absolute atomic E-state index is 12.6. The number of rotatable bonds is 6. The van der Waals surface area contributed by atoms with Crippen molar-refractivity contribution in [1.82, 2.24) is 9.62 Å². The first-order valence-corrected chi connectivity index (χ1v) is 10.2. The number of benzene rings is 1. The van der Waals surface area contributed by atoms with Gasteiger partial charge < -0.3 is 15.0 Å². The molecule has 8 heteroatoms. The molecule has 0 radical (unpaired) electrons. The van der Waals surface area contributed by atoms with E-state index in [0.29, 0.717) is 23.5 Å². The Balaban J connectivity index is 1.60. The summed E-state index contributed by atoms with van der Waals surface area (Å²) >= 11 is 0. The molecule has 0 unspecified atom stereocenters. The number of sulfonamides is 1. The van der Waals surface area contributed by atoms with E-state index in [1.807, 2.05) is 0 Å². The molecule has 1 aromatic carbocycles. The van der Waals surface area contributed by atoms with Crippen molar-refractivity contribution in [2.75, 3.05) is 38.1 Å². The van der Waals surface area contributed by atoms with E-state index in [-0.39, 0.29) is 17.4 Å². The number of fused-ring (bicyclic) bond motifs is 1. The third-order valence-electron chi connectivity index (χ3n) is 4.59. The molecule has 0 spiro atoms. The van der Waals surface area contributed by atoms with Gasteiger partial charge in [0.2, 0.25) is 10.0 Å². The largest absolute Gasteiger partial charge is 0.482 e. The summed E-state index contributed by atoms with van der Waals surface area (Å²) in [7, 11) is -3.60. The van der Waals surface area contributed by atoms with Crippen LogP contribution in [0.5, 0.6) is 5.75 Å². The molecule has 1 fully saturated rings. The minimum Gasteiger partial charge on any atom is -0.482 e. The zero-order valence-corrected chi connectivity index (χ0v) is 15.3. The van der Waals surface area contributed by atoms with Crippen molar-refractivity contribution in [1.29, 1.82) is 0 Å². The summed E-state index contributed by atoms with van der Waals surface area (Å²) < 4.78 is 33.2. The zero-order valence-electron chi connectivity index (χ0n) is 14.5. The fraction of sp³-hybridized carbons (Fsp3) is 0.588. The smallest absolute Gasteiger partial charge is 0.262 e. The van der Waals surface area contributed by atoms with Gasteiger partial charge in [0.1, 0.15) is 5.75 Å². The van der Waals surface area contributed by atoms with E-state index < -0.39 is 10.0 Å². The summed E-state index contributed by atoms with van der Waals surface area (Å²) in [6.07, 6.45) is 4.55. The van der Waals surface area contributed by atoms with Gasteiger partial charge >= 0.3 is 0 Å². The van der Waals surface area contributed by atoms with Crippen LogP contribution in [0.4, 0.5) is 5.69 Å². The Morgan fingerprint density at radius 2 is 2.00 bits per heavy atom. The average Bonchev–Trinajstić information content (AvgIpc) is 2.59. The van der Waals surface area contributed by atoms with Crippen molar-refractivity contribution in [3.63, 3.8) is 0 Å². The van der Waals surface area contributed by atoms with Gasteiger partial charge in [0, 0.05) is 12.6 Å². The highest BCUT2D eigenvalue weighted by Gasteiger charge is 2.23. The summed E-state index contributed by atoms with van der Waals surface area (Å²) in [5, 5.41) is 2.68. The number of carbonyl (C=O) groups is 1. The molecular formula is C17H25N3O4S. The molecule has 2 aliphatic heterocycles. The van der Waals surface area contributed by atoms with E-state index in [9.17, 15) is 13.2 Å². The second kappa shape index (κ2) is 7.72. The number of amides is 1. The normalized spacial score (nSPS) is 18.4. The van der Waals surface area contributed by atoms with E-state index in [4.69, 9.17) is 4.74 Å². The van der Waals surface area contributed by atoms with Crippen LogP contribution in [0.2, 0.25) is 0 Å². The summed E-state index contributed by atoms with van der Waals surface area (Å²) in [4.78, 5) is 13.9. The van der Waals surface area contributed by atoms with E-state index in [1.54, 1.807) is 13.0 Å². The molecule has 1 amide bonds. The molecule has 7 nitrogen and oxygen atoms in total. The number of piperidine rings is 1. The molecular weight excluding hydrogens is 342 g/mol. The van der Waals surface area contributed by atoms with Gasteiger partial charge in [-0.05, 0) is 57.5 Å². The molecule has 0 saturated carbocycles. The predicted molar refractivity (Wildman–Crippen MR) is 95.4 cm³/mol. The van der Waals surface area contributed by atoms with Gasteiger partial charge in [-0.15, -0.1) is 0 Å². The van der Waals surface area contributed by atoms with Crippen LogP contribution in [0.25, 0.3) is 0 Å². The van der Waals surface area contributed by atoms with Gasteiger partial charge in [0.25, 0.3) is 5.91 Å². The van der Waals surface area contributed by atoms with Crippen LogP contribution in [0.1, 0.15) is 31.2 Å². The summed E-state index contributed by atoms with van der Waals surface area (Å²) in [6, 6.07) is 3.12. The molecule has 0 aromatic heterocycles. The van der Waals surface area contributed by atoms with Gasteiger partial charge in [0.15, 0.2) is 6.61 Å². The maximum Gasteiger partial charge on any atom is 0.262 e. The van der Waals surface area contributed by atoms with Gasteiger partial charge in [-0.3, -0.25) is 4.79 Å². The minimum absolute atomic E-state index is 0.0984. The number of likely N-dealkylation sites (tertiary alicyclic amines) is 1. The molecule has 0 aliphatic carbocycles. The molecule has 1 saturated heterocycles. The number of hydrogen-bond donors (Lipinski definition) is 2. The topological polar surface area (TPSA) is 87.7 Å². The fourth-order valence-corrected chi connectivity index (χ4v) is 4.59. The van der Waals surface area contributed by atoms with Crippen molar-refractivity contribution < 1.29 is 17.9 Å². The quantitative estimate of drug-likeness (QED) is 0.744. The molecule has 25 heavy (non-hydrogen) atoms. The van der Waals surface area contributed by atoms with Crippen LogP contribution in [0.15, 0.2) is 17.0 Å². The second-order valence-corrected chi connectivity index (χ2v) is 8.34. The van der Waals surface area contributed by atoms with Gasteiger partial charge in [-0.2, -0.15) is 0 Å². The third-order valence-corrected chi connectivity index (χ3v) is 6.19. The minimum atomic E-state index is -3.60. The van der Waals surface area contributed by atoms with Gasteiger partial charge in [-0.25, -0.2) is 13.1 Å². The highest BCUT2D eigenvalue weighted by atomic mass is 32.2. The monoisotopic (exact) mass is 367 g/mol. The third kappa shape index (κ3) is 4.50. The van der Waals surface area contributed by atoms with Crippen LogP contribution in [0, 0.1) is 6.92 Å². The second-order valence-electron chi connectivity index (χ2n) is 6.60. The number of aryl methyl sites for hydroxylation is 1.